The van der Waals surface area contributed by atoms with Gasteiger partial charge in [0.2, 0.25) is 5.91 Å². The third-order valence-corrected chi connectivity index (χ3v) is 3.12. The number of nitrogens with one attached hydrogen (secondary N) is 1. The number of likely N-dealkylation sites (N-methyl/N-ethyl adjacent to an activating group) is 1. The molecule has 6 heteroatoms. The largest absolute Gasteiger partial charge is 0.478 e. The summed E-state index contributed by atoms with van der Waals surface area (Å²) in [5, 5.41) is 11.9. The summed E-state index contributed by atoms with van der Waals surface area (Å²) < 4.78 is 0. The third-order valence-electron chi connectivity index (χ3n) is 3.12. The summed E-state index contributed by atoms with van der Waals surface area (Å²) in [4.78, 5) is 24.7. The van der Waals surface area contributed by atoms with Crippen molar-refractivity contribution in [1.82, 2.24) is 4.90 Å². The average Bonchev–Trinajstić information content (AvgIpc) is 2.41. The van der Waals surface area contributed by atoms with Crippen LogP contribution in [0.15, 0.2) is 18.2 Å². The molecule has 0 bridgehead atoms. The van der Waals surface area contributed by atoms with Gasteiger partial charge < -0.3 is 21.1 Å². The molecule has 0 heterocycles. The molecule has 1 unspecified atom stereocenters. The quantitative estimate of drug-likeness (QED) is 0.688. The number of carboxylic acids is 1. The smallest absolute Gasteiger partial charge is 0.335 e. The van der Waals surface area contributed by atoms with E-state index in [0.717, 1.165) is 0 Å². The molecule has 1 atom stereocenters. The first-order valence-electron chi connectivity index (χ1n) is 6.58. The number of hydrogen-bond donors (Lipinski definition) is 3. The number of benzene rings is 1. The minimum atomic E-state index is -1.03. The second-order valence-corrected chi connectivity index (χ2v) is 4.48. The first-order chi connectivity index (χ1) is 9.40. The van der Waals surface area contributed by atoms with E-state index in [9.17, 15) is 9.59 Å². The lowest BCUT2D eigenvalue weighted by Crippen LogP contribution is -2.41. The van der Waals surface area contributed by atoms with Crippen LogP contribution in [0.3, 0.4) is 0 Å². The van der Waals surface area contributed by atoms with Crippen LogP contribution in [0, 0.1) is 0 Å². The first-order valence-corrected chi connectivity index (χ1v) is 6.58. The van der Waals surface area contributed by atoms with Crippen LogP contribution in [-0.4, -0.2) is 41.0 Å². The lowest BCUT2D eigenvalue weighted by molar-refractivity contribution is -0.131. The van der Waals surface area contributed by atoms with E-state index >= 15 is 0 Å². The number of carbonyl (C=O) groups excluding carboxylic acids is 1. The molecule has 0 spiro atoms. The van der Waals surface area contributed by atoms with Crippen LogP contribution in [0.5, 0.6) is 0 Å². The Balaban J connectivity index is 2.83. The van der Waals surface area contributed by atoms with Gasteiger partial charge in [0.05, 0.1) is 16.9 Å². The molecule has 1 aromatic rings. The minimum absolute atomic E-state index is 0.0169. The molecule has 4 N–H and O–H groups in total. The summed E-state index contributed by atoms with van der Waals surface area (Å²) in [6, 6.07) is 3.98. The molecular weight excluding hydrogens is 258 g/mol. The number of carboxylic acid groups (broad SMARTS) is 1. The number of aromatic carboxylic acids is 1. The van der Waals surface area contributed by atoms with E-state index in [0.29, 0.717) is 24.5 Å². The molecule has 0 saturated heterocycles. The van der Waals surface area contributed by atoms with Gasteiger partial charge in [0.1, 0.15) is 6.04 Å². The number of anilines is 2. The first kappa shape index (κ1) is 15.8. The van der Waals surface area contributed by atoms with Gasteiger partial charge in [-0.15, -0.1) is 0 Å². The highest BCUT2D eigenvalue weighted by Crippen LogP contribution is 2.21. The number of rotatable bonds is 6. The molecule has 0 aliphatic rings. The van der Waals surface area contributed by atoms with E-state index in [1.165, 1.54) is 12.1 Å². The molecular formula is C14H21N3O3. The highest BCUT2D eigenvalue weighted by Gasteiger charge is 2.18. The SMILES string of the molecule is CCN(CC)C(=O)C(C)Nc1ccc(C(=O)O)cc1N. The van der Waals surface area contributed by atoms with Gasteiger partial charge in [0.15, 0.2) is 0 Å². The minimum Gasteiger partial charge on any atom is -0.478 e. The summed E-state index contributed by atoms with van der Waals surface area (Å²) in [6.45, 7) is 6.89. The second kappa shape index (κ2) is 6.79. The van der Waals surface area contributed by atoms with Gasteiger partial charge in [-0.3, -0.25) is 4.79 Å². The monoisotopic (exact) mass is 279 g/mol. The summed E-state index contributed by atoms with van der Waals surface area (Å²) in [6.07, 6.45) is 0. The number of hydrogen-bond acceptors (Lipinski definition) is 4. The Morgan fingerprint density at radius 1 is 1.35 bits per heavy atom. The van der Waals surface area contributed by atoms with Gasteiger partial charge in [0.25, 0.3) is 0 Å². The Labute approximate surface area is 118 Å². The number of nitrogen functional groups attached to an aromatic ring is 1. The predicted molar refractivity (Wildman–Crippen MR) is 78.8 cm³/mol. The van der Waals surface area contributed by atoms with Crippen molar-refractivity contribution < 1.29 is 14.7 Å². The van der Waals surface area contributed by atoms with Gasteiger partial charge in [-0.05, 0) is 39.0 Å². The summed E-state index contributed by atoms with van der Waals surface area (Å²) in [5.41, 5.74) is 6.79. The van der Waals surface area contributed by atoms with Crippen LogP contribution in [-0.2, 0) is 4.79 Å². The molecule has 20 heavy (non-hydrogen) atoms. The molecule has 6 nitrogen and oxygen atoms in total. The van der Waals surface area contributed by atoms with Crippen molar-refractivity contribution in [1.29, 1.82) is 0 Å². The van der Waals surface area contributed by atoms with Crippen LogP contribution in [0.1, 0.15) is 31.1 Å². The second-order valence-electron chi connectivity index (χ2n) is 4.48. The van der Waals surface area contributed by atoms with Crippen molar-refractivity contribution in [2.24, 2.45) is 0 Å². The molecule has 0 saturated carbocycles. The fraction of sp³-hybridized carbons (Fsp3) is 0.429. The molecule has 0 aliphatic heterocycles. The van der Waals surface area contributed by atoms with E-state index in [4.69, 9.17) is 10.8 Å². The van der Waals surface area contributed by atoms with Crippen molar-refractivity contribution in [3.05, 3.63) is 23.8 Å². The van der Waals surface area contributed by atoms with E-state index in [1.54, 1.807) is 17.9 Å². The number of nitrogens with zero attached hydrogens (tertiary/aromatic N) is 1. The van der Waals surface area contributed by atoms with Gasteiger partial charge in [-0.1, -0.05) is 0 Å². The number of amides is 1. The van der Waals surface area contributed by atoms with Crippen molar-refractivity contribution in [2.45, 2.75) is 26.8 Å². The molecule has 0 aromatic heterocycles. The Kier molecular flexibility index (Phi) is 5.37. The van der Waals surface area contributed by atoms with Crippen molar-refractivity contribution in [2.75, 3.05) is 24.1 Å². The zero-order valence-corrected chi connectivity index (χ0v) is 12.0. The van der Waals surface area contributed by atoms with Gasteiger partial charge in [-0.2, -0.15) is 0 Å². The van der Waals surface area contributed by atoms with Crippen molar-refractivity contribution in [3.8, 4) is 0 Å². The van der Waals surface area contributed by atoms with Crippen LogP contribution < -0.4 is 11.1 Å². The van der Waals surface area contributed by atoms with E-state index in [1.807, 2.05) is 13.8 Å². The van der Waals surface area contributed by atoms with E-state index < -0.39 is 12.0 Å². The van der Waals surface area contributed by atoms with Gasteiger partial charge in [0, 0.05) is 13.1 Å². The summed E-state index contributed by atoms with van der Waals surface area (Å²) >= 11 is 0. The van der Waals surface area contributed by atoms with Crippen LogP contribution in [0.2, 0.25) is 0 Å². The summed E-state index contributed by atoms with van der Waals surface area (Å²) in [7, 11) is 0. The van der Waals surface area contributed by atoms with Crippen LogP contribution in [0.4, 0.5) is 11.4 Å². The summed E-state index contributed by atoms with van der Waals surface area (Å²) in [5.74, 6) is -1.05. The molecule has 110 valence electrons. The molecule has 1 rings (SSSR count). The zero-order chi connectivity index (χ0) is 15.3. The lowest BCUT2D eigenvalue weighted by Gasteiger charge is -2.24. The zero-order valence-electron chi connectivity index (χ0n) is 12.0. The molecule has 1 aromatic carbocycles. The molecule has 0 fully saturated rings. The van der Waals surface area contributed by atoms with Crippen LogP contribution in [0.25, 0.3) is 0 Å². The van der Waals surface area contributed by atoms with Gasteiger partial charge >= 0.3 is 5.97 Å². The average molecular weight is 279 g/mol. The predicted octanol–water partition coefficient (Wildman–Crippen LogP) is 1.64. The van der Waals surface area contributed by atoms with Crippen molar-refractivity contribution in [3.63, 3.8) is 0 Å². The number of nitrogens with two attached hydrogens (primary N) is 1. The fourth-order valence-electron chi connectivity index (χ4n) is 1.93. The maximum absolute atomic E-state index is 12.1. The number of carbonyl (C=O) groups is 2. The normalized spacial score (nSPS) is 11.8. The molecule has 0 radical (unpaired) electrons. The Hall–Kier alpha value is -2.24. The lowest BCUT2D eigenvalue weighted by atomic mass is 10.1. The van der Waals surface area contributed by atoms with Crippen LogP contribution >= 0.6 is 0 Å². The Morgan fingerprint density at radius 3 is 2.40 bits per heavy atom. The topological polar surface area (TPSA) is 95.7 Å². The van der Waals surface area contributed by atoms with Crippen molar-refractivity contribution >= 4 is 23.3 Å². The highest BCUT2D eigenvalue weighted by atomic mass is 16.4. The molecule has 1 amide bonds. The van der Waals surface area contributed by atoms with Gasteiger partial charge in [-0.25, -0.2) is 4.79 Å². The maximum Gasteiger partial charge on any atom is 0.335 e. The molecule has 0 aliphatic carbocycles. The van der Waals surface area contributed by atoms with E-state index in [2.05, 4.69) is 5.32 Å². The standard InChI is InChI=1S/C14H21N3O3/c1-4-17(5-2)13(18)9(3)16-12-7-6-10(14(19)20)8-11(12)15/h6-9,16H,4-5,15H2,1-3H3,(H,19,20). The Morgan fingerprint density at radius 2 is 1.95 bits per heavy atom. The fourth-order valence-corrected chi connectivity index (χ4v) is 1.93. The Bertz CT molecular complexity index is 498. The maximum atomic E-state index is 12.1. The van der Waals surface area contributed by atoms with E-state index in [-0.39, 0.29) is 11.5 Å². The third kappa shape index (κ3) is 3.63. The highest BCUT2D eigenvalue weighted by molar-refractivity contribution is 5.91.